The second kappa shape index (κ2) is 8.47. The summed E-state index contributed by atoms with van der Waals surface area (Å²) in [5.74, 6) is 1.56. The van der Waals surface area contributed by atoms with E-state index in [4.69, 9.17) is 12.2 Å². The van der Waals surface area contributed by atoms with E-state index in [2.05, 4.69) is 43.9 Å². The molecule has 0 bridgehead atoms. The second-order valence-corrected chi connectivity index (χ2v) is 7.61. The molecular formula is C19H29N3OS. The molecule has 132 valence electrons. The predicted molar refractivity (Wildman–Crippen MR) is 103 cm³/mol. The first-order valence-electron chi connectivity index (χ1n) is 8.85. The summed E-state index contributed by atoms with van der Waals surface area (Å²) in [5.41, 5.74) is 7.33. The fourth-order valence-electron chi connectivity index (χ4n) is 3.20. The summed E-state index contributed by atoms with van der Waals surface area (Å²) in [6.45, 7) is 8.82. The lowest BCUT2D eigenvalue weighted by molar-refractivity contribution is 0.0943. The standard InChI is InChI=1S/C19H29N3OS/c1-12(2)15-8-10-16(11-9-15)18(23)21-22-19(24)20-17-7-5-6-13(3)14(17)4/h8-14,17H,5-7H2,1-4H3,(H,21,23)(H2,20,22,24)/t13-,14+,17+/m0/s1. The second-order valence-electron chi connectivity index (χ2n) is 7.20. The number of hydrazine groups is 1. The summed E-state index contributed by atoms with van der Waals surface area (Å²) in [6.07, 6.45) is 3.63. The van der Waals surface area contributed by atoms with Gasteiger partial charge in [0.2, 0.25) is 0 Å². The molecule has 1 amide bonds. The van der Waals surface area contributed by atoms with Gasteiger partial charge in [-0.05, 0) is 54.1 Å². The van der Waals surface area contributed by atoms with Crippen LogP contribution in [0.15, 0.2) is 24.3 Å². The Hall–Kier alpha value is -1.62. The Kier molecular flexibility index (Phi) is 6.60. The molecule has 0 heterocycles. The van der Waals surface area contributed by atoms with Gasteiger partial charge in [-0.2, -0.15) is 0 Å². The maximum Gasteiger partial charge on any atom is 0.269 e. The van der Waals surface area contributed by atoms with E-state index in [0.29, 0.717) is 34.5 Å². The van der Waals surface area contributed by atoms with E-state index in [0.717, 1.165) is 6.42 Å². The molecule has 1 aliphatic rings. The lowest BCUT2D eigenvalue weighted by Gasteiger charge is -2.35. The molecule has 0 saturated heterocycles. The number of rotatable bonds is 3. The molecular weight excluding hydrogens is 318 g/mol. The van der Waals surface area contributed by atoms with Crippen LogP contribution in [0.3, 0.4) is 0 Å². The molecule has 3 atom stereocenters. The normalized spacial score (nSPS) is 23.6. The van der Waals surface area contributed by atoms with E-state index in [-0.39, 0.29) is 5.91 Å². The Morgan fingerprint density at radius 2 is 1.79 bits per heavy atom. The lowest BCUT2D eigenvalue weighted by Crippen LogP contribution is -2.52. The van der Waals surface area contributed by atoms with E-state index in [1.54, 1.807) is 0 Å². The van der Waals surface area contributed by atoms with Crippen LogP contribution in [0.25, 0.3) is 0 Å². The topological polar surface area (TPSA) is 53.2 Å². The summed E-state index contributed by atoms with van der Waals surface area (Å²) >= 11 is 5.31. The molecule has 1 aliphatic carbocycles. The van der Waals surface area contributed by atoms with Crippen LogP contribution >= 0.6 is 12.2 Å². The van der Waals surface area contributed by atoms with Crippen molar-refractivity contribution in [3.63, 3.8) is 0 Å². The van der Waals surface area contributed by atoms with Crippen molar-refractivity contribution in [2.75, 3.05) is 0 Å². The van der Waals surface area contributed by atoms with Crippen molar-refractivity contribution in [1.29, 1.82) is 0 Å². The van der Waals surface area contributed by atoms with Gasteiger partial charge in [0, 0.05) is 11.6 Å². The third-order valence-electron chi connectivity index (χ3n) is 5.15. The molecule has 0 radical (unpaired) electrons. The number of hydrogen-bond acceptors (Lipinski definition) is 2. The van der Waals surface area contributed by atoms with Crippen LogP contribution in [0.2, 0.25) is 0 Å². The molecule has 0 aliphatic heterocycles. The lowest BCUT2D eigenvalue weighted by atomic mass is 9.78. The Morgan fingerprint density at radius 3 is 2.42 bits per heavy atom. The highest BCUT2D eigenvalue weighted by atomic mass is 32.1. The molecule has 3 N–H and O–H groups in total. The van der Waals surface area contributed by atoms with Crippen molar-refractivity contribution in [3.8, 4) is 0 Å². The largest absolute Gasteiger partial charge is 0.358 e. The highest BCUT2D eigenvalue weighted by Crippen LogP contribution is 2.29. The quantitative estimate of drug-likeness (QED) is 0.576. The highest BCUT2D eigenvalue weighted by molar-refractivity contribution is 7.80. The molecule has 5 heteroatoms. The Bertz CT molecular complexity index is 570. The van der Waals surface area contributed by atoms with Gasteiger partial charge in [-0.15, -0.1) is 0 Å². The van der Waals surface area contributed by atoms with Gasteiger partial charge in [0.25, 0.3) is 5.91 Å². The van der Waals surface area contributed by atoms with Crippen LogP contribution < -0.4 is 16.2 Å². The van der Waals surface area contributed by atoms with Gasteiger partial charge < -0.3 is 5.32 Å². The third-order valence-corrected chi connectivity index (χ3v) is 5.37. The predicted octanol–water partition coefficient (Wildman–Crippen LogP) is 3.74. The molecule has 0 spiro atoms. The van der Waals surface area contributed by atoms with Gasteiger partial charge in [-0.25, -0.2) is 0 Å². The number of carbonyl (C=O) groups excluding carboxylic acids is 1. The van der Waals surface area contributed by atoms with Crippen molar-refractivity contribution < 1.29 is 4.79 Å². The highest BCUT2D eigenvalue weighted by Gasteiger charge is 2.27. The van der Waals surface area contributed by atoms with E-state index in [1.165, 1.54) is 18.4 Å². The molecule has 1 saturated carbocycles. The summed E-state index contributed by atoms with van der Waals surface area (Å²) in [7, 11) is 0. The maximum absolute atomic E-state index is 12.2. The van der Waals surface area contributed by atoms with Gasteiger partial charge in [0.1, 0.15) is 0 Å². The Balaban J connectivity index is 1.81. The van der Waals surface area contributed by atoms with E-state index in [1.807, 2.05) is 24.3 Å². The van der Waals surface area contributed by atoms with Crippen LogP contribution in [0, 0.1) is 11.8 Å². The van der Waals surface area contributed by atoms with Gasteiger partial charge in [-0.3, -0.25) is 15.6 Å². The summed E-state index contributed by atoms with van der Waals surface area (Å²) in [6, 6.07) is 8.03. The Morgan fingerprint density at radius 1 is 1.12 bits per heavy atom. The molecule has 24 heavy (non-hydrogen) atoms. The molecule has 1 fully saturated rings. The maximum atomic E-state index is 12.2. The van der Waals surface area contributed by atoms with Crippen LogP contribution in [-0.2, 0) is 0 Å². The van der Waals surface area contributed by atoms with Crippen molar-refractivity contribution in [2.24, 2.45) is 11.8 Å². The minimum Gasteiger partial charge on any atom is -0.358 e. The SMILES string of the molecule is CC(C)c1ccc(C(=O)NNC(=S)N[C@@H]2CCC[C@H](C)[C@H]2C)cc1. The molecule has 2 rings (SSSR count). The molecule has 0 unspecified atom stereocenters. The van der Waals surface area contributed by atoms with E-state index < -0.39 is 0 Å². The van der Waals surface area contributed by atoms with Crippen LogP contribution in [-0.4, -0.2) is 17.1 Å². The van der Waals surface area contributed by atoms with Crippen molar-refractivity contribution in [1.82, 2.24) is 16.2 Å². The Labute approximate surface area is 150 Å². The average Bonchev–Trinajstić information content (AvgIpc) is 2.57. The van der Waals surface area contributed by atoms with Gasteiger partial charge in [0.15, 0.2) is 5.11 Å². The number of amides is 1. The zero-order valence-corrected chi connectivity index (χ0v) is 15.9. The first-order chi connectivity index (χ1) is 11.4. The molecule has 4 nitrogen and oxygen atoms in total. The van der Waals surface area contributed by atoms with Crippen LogP contribution in [0.1, 0.15) is 68.8 Å². The van der Waals surface area contributed by atoms with Crippen LogP contribution in [0.5, 0.6) is 0 Å². The minimum atomic E-state index is -0.181. The van der Waals surface area contributed by atoms with Crippen LogP contribution in [0.4, 0.5) is 0 Å². The minimum absolute atomic E-state index is 0.181. The smallest absolute Gasteiger partial charge is 0.269 e. The zero-order chi connectivity index (χ0) is 17.7. The summed E-state index contributed by atoms with van der Waals surface area (Å²) < 4.78 is 0. The van der Waals surface area contributed by atoms with Crippen molar-refractivity contribution in [3.05, 3.63) is 35.4 Å². The third kappa shape index (κ3) is 4.94. The fraction of sp³-hybridized carbons (Fsp3) is 0.579. The number of hydrogen-bond donors (Lipinski definition) is 3. The number of carbonyl (C=O) groups is 1. The first-order valence-corrected chi connectivity index (χ1v) is 9.26. The van der Waals surface area contributed by atoms with E-state index in [9.17, 15) is 4.79 Å². The van der Waals surface area contributed by atoms with Gasteiger partial charge >= 0.3 is 0 Å². The van der Waals surface area contributed by atoms with Gasteiger partial charge in [0.05, 0.1) is 0 Å². The number of benzene rings is 1. The van der Waals surface area contributed by atoms with E-state index >= 15 is 0 Å². The number of thiocarbonyl (C=S) groups is 1. The average molecular weight is 348 g/mol. The summed E-state index contributed by atoms with van der Waals surface area (Å²) in [4.78, 5) is 12.2. The summed E-state index contributed by atoms with van der Waals surface area (Å²) in [5, 5.41) is 3.82. The van der Waals surface area contributed by atoms with Crippen molar-refractivity contribution >= 4 is 23.2 Å². The molecule has 0 aromatic heterocycles. The van der Waals surface area contributed by atoms with Gasteiger partial charge in [-0.1, -0.05) is 52.7 Å². The molecule has 1 aromatic rings. The number of nitrogens with one attached hydrogen (secondary N) is 3. The fourth-order valence-corrected chi connectivity index (χ4v) is 3.40. The first kappa shape index (κ1) is 18.7. The molecule has 1 aromatic carbocycles. The zero-order valence-electron chi connectivity index (χ0n) is 15.1. The monoisotopic (exact) mass is 347 g/mol. The van der Waals surface area contributed by atoms with Crippen molar-refractivity contribution in [2.45, 2.75) is 58.9 Å².